The number of rotatable bonds is 6. The second kappa shape index (κ2) is 10.2. The summed E-state index contributed by atoms with van der Waals surface area (Å²) < 4.78 is 39.5. The first-order valence-corrected chi connectivity index (χ1v) is 9.05. The maximum Gasteiger partial charge on any atom is 0.434 e. The van der Waals surface area contributed by atoms with Crippen LogP contribution in [0.15, 0.2) is 10.4 Å². The number of aryl methyl sites for hydroxylation is 2. The minimum atomic E-state index is -4.39. The fourth-order valence-electron chi connectivity index (χ4n) is 2.55. The van der Waals surface area contributed by atoms with Crippen molar-refractivity contribution in [2.24, 2.45) is 12.0 Å². The van der Waals surface area contributed by atoms with E-state index in [0.717, 1.165) is 34.5 Å². The van der Waals surface area contributed by atoms with Crippen LogP contribution in [0.4, 0.5) is 13.2 Å². The van der Waals surface area contributed by atoms with E-state index in [1.807, 2.05) is 25.6 Å². The summed E-state index contributed by atoms with van der Waals surface area (Å²) in [6, 6.07) is 0. The Balaban J connectivity index is 0.00000364. The summed E-state index contributed by atoms with van der Waals surface area (Å²) in [4.78, 5) is 7.73. The summed E-state index contributed by atoms with van der Waals surface area (Å²) >= 11 is 1.02. The zero-order valence-corrected chi connectivity index (χ0v) is 18.8. The Morgan fingerprint density at radius 3 is 2.33 bits per heavy atom. The smallest absolute Gasteiger partial charge is 0.356 e. The molecule has 11 heteroatoms. The zero-order valence-electron chi connectivity index (χ0n) is 15.6. The van der Waals surface area contributed by atoms with Gasteiger partial charge in [0.15, 0.2) is 11.7 Å². The molecule has 0 saturated carbocycles. The third kappa shape index (κ3) is 6.63. The molecule has 27 heavy (non-hydrogen) atoms. The van der Waals surface area contributed by atoms with Gasteiger partial charge in [0.1, 0.15) is 0 Å². The molecular weight excluding hydrogens is 492 g/mol. The molecule has 2 N–H and O–H groups in total. The van der Waals surface area contributed by atoms with E-state index in [1.54, 1.807) is 7.05 Å². The van der Waals surface area contributed by atoms with Crippen LogP contribution < -0.4 is 10.6 Å². The Hall–Kier alpha value is -1.37. The summed E-state index contributed by atoms with van der Waals surface area (Å²) in [6.07, 6.45) is -3.17. The van der Waals surface area contributed by atoms with E-state index in [-0.39, 0.29) is 24.0 Å². The van der Waals surface area contributed by atoms with Gasteiger partial charge >= 0.3 is 6.18 Å². The Labute approximate surface area is 177 Å². The number of hydrogen-bond donors (Lipinski definition) is 2. The molecule has 0 aromatic carbocycles. The van der Waals surface area contributed by atoms with E-state index in [9.17, 15) is 13.2 Å². The summed E-state index contributed by atoms with van der Waals surface area (Å²) in [7, 11) is 3.57. The van der Waals surface area contributed by atoms with Crippen molar-refractivity contribution in [3.05, 3.63) is 33.0 Å². The molecule has 0 atom stereocenters. The van der Waals surface area contributed by atoms with Crippen LogP contribution in [0.2, 0.25) is 0 Å². The number of halogens is 4. The number of guanidine groups is 1. The molecule has 0 unspecified atom stereocenters. The molecular formula is C16H24F3IN6S. The van der Waals surface area contributed by atoms with Crippen molar-refractivity contribution in [1.29, 1.82) is 0 Å². The molecule has 0 aliphatic carbocycles. The summed E-state index contributed by atoms with van der Waals surface area (Å²) in [6.45, 7) is 5.15. The predicted octanol–water partition coefficient (Wildman–Crippen LogP) is 3.08. The molecule has 152 valence electrons. The largest absolute Gasteiger partial charge is 0.434 e. The van der Waals surface area contributed by atoms with Crippen molar-refractivity contribution in [3.63, 3.8) is 0 Å². The van der Waals surface area contributed by atoms with Crippen molar-refractivity contribution in [1.82, 2.24) is 25.4 Å². The van der Waals surface area contributed by atoms with Gasteiger partial charge in [-0.15, -0.1) is 35.3 Å². The molecule has 2 aromatic rings. The number of nitrogens with zero attached hydrogens (tertiary/aromatic N) is 4. The summed E-state index contributed by atoms with van der Waals surface area (Å²) in [5.74, 6) is 0.608. The molecule has 0 radical (unpaired) electrons. The number of alkyl halides is 3. The minimum absolute atomic E-state index is 0. The number of aromatic nitrogens is 3. The van der Waals surface area contributed by atoms with Crippen molar-refractivity contribution in [2.75, 3.05) is 20.1 Å². The number of nitrogens with one attached hydrogen (secondary N) is 2. The van der Waals surface area contributed by atoms with Gasteiger partial charge in [0.25, 0.3) is 0 Å². The van der Waals surface area contributed by atoms with Gasteiger partial charge in [-0.3, -0.25) is 9.67 Å². The molecule has 2 heterocycles. The Morgan fingerprint density at radius 1 is 1.22 bits per heavy atom. The van der Waals surface area contributed by atoms with Gasteiger partial charge in [0.05, 0.1) is 10.7 Å². The van der Waals surface area contributed by atoms with Crippen molar-refractivity contribution < 1.29 is 13.2 Å². The van der Waals surface area contributed by atoms with Crippen LogP contribution in [0.5, 0.6) is 0 Å². The molecule has 0 saturated heterocycles. The van der Waals surface area contributed by atoms with Gasteiger partial charge in [-0.1, -0.05) is 0 Å². The Morgan fingerprint density at radius 2 is 1.85 bits per heavy atom. The van der Waals surface area contributed by atoms with Crippen LogP contribution in [-0.2, 0) is 26.1 Å². The van der Waals surface area contributed by atoms with Crippen LogP contribution in [-0.4, -0.2) is 40.9 Å². The molecule has 0 aliphatic rings. The minimum Gasteiger partial charge on any atom is -0.356 e. The van der Waals surface area contributed by atoms with E-state index in [0.29, 0.717) is 30.5 Å². The quantitative estimate of drug-likeness (QED) is 0.352. The number of hydrogen-bond acceptors (Lipinski definition) is 4. The Bertz CT molecular complexity index is 769. The average molecular weight is 516 g/mol. The monoisotopic (exact) mass is 516 g/mol. The van der Waals surface area contributed by atoms with E-state index in [4.69, 9.17) is 0 Å². The first-order valence-electron chi connectivity index (χ1n) is 8.17. The normalized spacial score (nSPS) is 12.0. The van der Waals surface area contributed by atoms with E-state index in [1.165, 1.54) is 5.56 Å². The standard InChI is InChI=1S/C16H23F3N6S.HI/c1-10-12(11(2)25(4)24-10)5-7-21-15(20-3)22-8-6-14-23-13(9-26-14)16(17,18)19;/h9H,5-8H2,1-4H3,(H2,20,21,22);1H. The topological polar surface area (TPSA) is 67.1 Å². The summed E-state index contributed by atoms with van der Waals surface area (Å²) in [5.41, 5.74) is 2.52. The van der Waals surface area contributed by atoms with Crippen LogP contribution >= 0.6 is 35.3 Å². The lowest BCUT2D eigenvalue weighted by atomic mass is 10.1. The van der Waals surface area contributed by atoms with Gasteiger partial charge in [-0.05, 0) is 25.8 Å². The number of thiazole rings is 1. The molecule has 0 fully saturated rings. The van der Waals surface area contributed by atoms with Gasteiger partial charge in [0, 0.05) is 44.7 Å². The van der Waals surface area contributed by atoms with Gasteiger partial charge in [-0.2, -0.15) is 18.3 Å². The SMILES string of the molecule is CN=C(NCCc1nc(C(F)(F)F)cs1)NCCc1c(C)nn(C)c1C.I. The zero-order chi connectivity index (χ0) is 19.3. The lowest BCUT2D eigenvalue weighted by molar-refractivity contribution is -0.140. The maximum atomic E-state index is 12.5. The van der Waals surface area contributed by atoms with Crippen molar-refractivity contribution >= 4 is 41.3 Å². The fourth-order valence-corrected chi connectivity index (χ4v) is 3.35. The van der Waals surface area contributed by atoms with Gasteiger partial charge < -0.3 is 10.6 Å². The average Bonchev–Trinajstić information content (AvgIpc) is 3.13. The first-order chi connectivity index (χ1) is 12.2. The third-order valence-corrected chi connectivity index (χ3v) is 4.93. The van der Waals surface area contributed by atoms with Crippen molar-refractivity contribution in [3.8, 4) is 0 Å². The molecule has 2 rings (SSSR count). The molecule has 0 spiro atoms. The fraction of sp³-hybridized carbons (Fsp3) is 0.562. The summed E-state index contributed by atoms with van der Waals surface area (Å²) in [5, 5.41) is 12.2. The van der Waals surface area contributed by atoms with Crippen LogP contribution in [0.1, 0.15) is 27.7 Å². The predicted molar refractivity (Wildman–Crippen MR) is 112 cm³/mol. The Kier molecular flexibility index (Phi) is 8.99. The van der Waals surface area contributed by atoms with Gasteiger partial charge in [-0.25, -0.2) is 4.98 Å². The molecule has 0 aliphatic heterocycles. The molecule has 0 amide bonds. The van der Waals surface area contributed by atoms with E-state index < -0.39 is 11.9 Å². The second-order valence-corrected chi connectivity index (χ2v) is 6.77. The van der Waals surface area contributed by atoms with Crippen LogP contribution in [0.3, 0.4) is 0 Å². The van der Waals surface area contributed by atoms with Crippen LogP contribution in [0.25, 0.3) is 0 Å². The molecule has 0 bridgehead atoms. The maximum absolute atomic E-state index is 12.5. The lowest BCUT2D eigenvalue weighted by Gasteiger charge is -2.11. The van der Waals surface area contributed by atoms with E-state index >= 15 is 0 Å². The van der Waals surface area contributed by atoms with E-state index in [2.05, 4.69) is 25.7 Å². The highest BCUT2D eigenvalue weighted by Gasteiger charge is 2.33. The highest BCUT2D eigenvalue weighted by molar-refractivity contribution is 14.0. The van der Waals surface area contributed by atoms with Gasteiger partial charge in [0.2, 0.25) is 0 Å². The molecule has 2 aromatic heterocycles. The van der Waals surface area contributed by atoms with Crippen LogP contribution in [0, 0.1) is 13.8 Å². The first kappa shape index (κ1) is 23.7. The third-order valence-electron chi connectivity index (χ3n) is 4.02. The number of aliphatic imine (C=N–C) groups is 1. The highest BCUT2D eigenvalue weighted by atomic mass is 127. The lowest BCUT2D eigenvalue weighted by Crippen LogP contribution is -2.39. The molecule has 6 nitrogen and oxygen atoms in total. The second-order valence-electron chi connectivity index (χ2n) is 5.82. The highest BCUT2D eigenvalue weighted by Crippen LogP contribution is 2.29. The van der Waals surface area contributed by atoms with Crippen molar-refractivity contribution in [2.45, 2.75) is 32.9 Å².